The van der Waals surface area contributed by atoms with Crippen LogP contribution in [0, 0.1) is 11.8 Å². The van der Waals surface area contributed by atoms with Gasteiger partial charge in [-0.05, 0) is 37.5 Å². The Morgan fingerprint density at radius 2 is 2.00 bits per heavy atom. The van der Waals surface area contributed by atoms with E-state index in [1.807, 2.05) is 4.68 Å². The molecule has 18 heavy (non-hydrogen) atoms. The number of nitrogens with zero attached hydrogens (tertiary/aromatic N) is 3. The maximum Gasteiger partial charge on any atom is 0.140 e. The average molecular weight is 250 g/mol. The Labute approximate surface area is 110 Å². The molecule has 2 unspecified atom stereocenters. The SMILES string of the molecule is CCCn1ncnc1CNC1CC(C)CC(C)C1. The summed E-state index contributed by atoms with van der Waals surface area (Å²) in [6.07, 6.45) is 6.75. The number of nitrogens with one attached hydrogen (secondary N) is 1. The highest BCUT2D eigenvalue weighted by molar-refractivity contribution is 4.87. The first kappa shape index (κ1) is 13.5. The summed E-state index contributed by atoms with van der Waals surface area (Å²) in [5.74, 6) is 2.77. The third-order valence-corrected chi connectivity index (χ3v) is 3.86. The van der Waals surface area contributed by atoms with E-state index in [0.29, 0.717) is 6.04 Å². The molecule has 0 amide bonds. The summed E-state index contributed by atoms with van der Waals surface area (Å²) in [6, 6.07) is 0.649. The zero-order valence-corrected chi connectivity index (χ0v) is 11.9. The normalized spacial score (nSPS) is 28.5. The largest absolute Gasteiger partial charge is 0.307 e. The second-order valence-corrected chi connectivity index (χ2v) is 5.89. The molecule has 1 N–H and O–H groups in total. The molecule has 4 nitrogen and oxygen atoms in total. The lowest BCUT2D eigenvalue weighted by molar-refractivity contribution is 0.236. The lowest BCUT2D eigenvalue weighted by Gasteiger charge is -2.32. The fraction of sp³-hybridized carbons (Fsp3) is 0.857. The van der Waals surface area contributed by atoms with Gasteiger partial charge in [0.1, 0.15) is 12.2 Å². The van der Waals surface area contributed by atoms with Crippen molar-refractivity contribution in [1.82, 2.24) is 20.1 Å². The minimum absolute atomic E-state index is 0.649. The highest BCUT2D eigenvalue weighted by Gasteiger charge is 2.23. The van der Waals surface area contributed by atoms with E-state index >= 15 is 0 Å². The Morgan fingerprint density at radius 3 is 2.67 bits per heavy atom. The van der Waals surface area contributed by atoms with Crippen LogP contribution in [0.25, 0.3) is 0 Å². The molecule has 102 valence electrons. The molecule has 2 rings (SSSR count). The first-order valence-corrected chi connectivity index (χ1v) is 7.29. The topological polar surface area (TPSA) is 42.7 Å². The van der Waals surface area contributed by atoms with Gasteiger partial charge in [0.25, 0.3) is 0 Å². The third kappa shape index (κ3) is 3.55. The molecule has 1 aliphatic carbocycles. The van der Waals surface area contributed by atoms with Crippen LogP contribution in [0.15, 0.2) is 6.33 Å². The summed E-state index contributed by atoms with van der Waals surface area (Å²) in [6.45, 7) is 8.72. The highest BCUT2D eigenvalue weighted by Crippen LogP contribution is 2.28. The Bertz CT molecular complexity index is 350. The van der Waals surface area contributed by atoms with Crippen LogP contribution in [0.5, 0.6) is 0 Å². The number of aromatic nitrogens is 3. The van der Waals surface area contributed by atoms with Gasteiger partial charge in [0.2, 0.25) is 0 Å². The van der Waals surface area contributed by atoms with Gasteiger partial charge >= 0.3 is 0 Å². The van der Waals surface area contributed by atoms with Crippen LogP contribution in [0.3, 0.4) is 0 Å². The van der Waals surface area contributed by atoms with E-state index in [1.165, 1.54) is 19.3 Å². The molecule has 0 saturated heterocycles. The molecular formula is C14H26N4. The second-order valence-electron chi connectivity index (χ2n) is 5.89. The Kier molecular flexibility index (Phi) is 4.75. The summed E-state index contributed by atoms with van der Waals surface area (Å²) < 4.78 is 2.02. The van der Waals surface area contributed by atoms with Crippen molar-refractivity contribution < 1.29 is 0 Å². The van der Waals surface area contributed by atoms with Crippen molar-refractivity contribution in [2.75, 3.05) is 0 Å². The van der Waals surface area contributed by atoms with Crippen molar-refractivity contribution in [3.63, 3.8) is 0 Å². The van der Waals surface area contributed by atoms with Gasteiger partial charge in [-0.15, -0.1) is 0 Å². The molecule has 0 spiro atoms. The van der Waals surface area contributed by atoms with Gasteiger partial charge in [0.15, 0.2) is 0 Å². The molecule has 0 aliphatic heterocycles. The zero-order valence-electron chi connectivity index (χ0n) is 11.9. The van der Waals surface area contributed by atoms with E-state index in [1.54, 1.807) is 6.33 Å². The summed E-state index contributed by atoms with van der Waals surface area (Å²) in [4.78, 5) is 4.35. The maximum atomic E-state index is 4.35. The molecule has 1 heterocycles. The predicted molar refractivity (Wildman–Crippen MR) is 73.1 cm³/mol. The van der Waals surface area contributed by atoms with Crippen LogP contribution in [-0.2, 0) is 13.1 Å². The fourth-order valence-electron chi connectivity index (χ4n) is 3.17. The molecule has 0 aromatic carbocycles. The van der Waals surface area contributed by atoms with Crippen LogP contribution < -0.4 is 5.32 Å². The number of aryl methyl sites for hydroxylation is 1. The predicted octanol–water partition coefficient (Wildman–Crippen LogP) is 2.60. The Morgan fingerprint density at radius 1 is 1.28 bits per heavy atom. The van der Waals surface area contributed by atoms with Crippen LogP contribution in [0.2, 0.25) is 0 Å². The molecule has 4 heteroatoms. The smallest absolute Gasteiger partial charge is 0.140 e. The van der Waals surface area contributed by atoms with E-state index < -0.39 is 0 Å². The molecule has 1 saturated carbocycles. The van der Waals surface area contributed by atoms with Crippen molar-refractivity contribution in [1.29, 1.82) is 0 Å². The summed E-state index contributed by atoms with van der Waals surface area (Å²) >= 11 is 0. The van der Waals surface area contributed by atoms with Crippen LogP contribution in [0.4, 0.5) is 0 Å². The summed E-state index contributed by atoms with van der Waals surface area (Å²) in [5, 5.41) is 7.93. The quantitative estimate of drug-likeness (QED) is 0.873. The molecule has 0 bridgehead atoms. The summed E-state index contributed by atoms with van der Waals surface area (Å²) in [5.41, 5.74) is 0. The van der Waals surface area contributed by atoms with E-state index in [9.17, 15) is 0 Å². The lowest BCUT2D eigenvalue weighted by Crippen LogP contribution is -2.36. The second kappa shape index (κ2) is 6.32. The van der Waals surface area contributed by atoms with E-state index in [4.69, 9.17) is 0 Å². The molecule has 1 aromatic rings. The number of rotatable bonds is 5. The monoisotopic (exact) mass is 250 g/mol. The van der Waals surface area contributed by atoms with Crippen molar-refractivity contribution in [2.45, 2.75) is 65.6 Å². The maximum absolute atomic E-state index is 4.35. The first-order chi connectivity index (χ1) is 8.69. The lowest BCUT2D eigenvalue weighted by atomic mass is 9.80. The highest BCUT2D eigenvalue weighted by atomic mass is 15.3. The first-order valence-electron chi connectivity index (χ1n) is 7.29. The van der Waals surface area contributed by atoms with Crippen molar-refractivity contribution in [3.8, 4) is 0 Å². The molecular weight excluding hydrogens is 224 g/mol. The van der Waals surface area contributed by atoms with Crippen LogP contribution >= 0.6 is 0 Å². The molecule has 1 aliphatic rings. The molecule has 0 radical (unpaired) electrons. The van der Waals surface area contributed by atoms with Gasteiger partial charge < -0.3 is 5.32 Å². The van der Waals surface area contributed by atoms with Crippen molar-refractivity contribution in [2.24, 2.45) is 11.8 Å². The van der Waals surface area contributed by atoms with Gasteiger partial charge in [-0.3, -0.25) is 0 Å². The molecule has 2 atom stereocenters. The summed E-state index contributed by atoms with van der Waals surface area (Å²) in [7, 11) is 0. The molecule has 1 fully saturated rings. The van der Waals surface area contributed by atoms with E-state index in [0.717, 1.165) is 37.2 Å². The van der Waals surface area contributed by atoms with E-state index in [2.05, 4.69) is 36.2 Å². The van der Waals surface area contributed by atoms with Crippen LogP contribution in [0.1, 0.15) is 52.3 Å². The van der Waals surface area contributed by atoms with Gasteiger partial charge in [0, 0.05) is 12.6 Å². The third-order valence-electron chi connectivity index (χ3n) is 3.86. The fourth-order valence-corrected chi connectivity index (χ4v) is 3.17. The number of hydrogen-bond acceptors (Lipinski definition) is 3. The van der Waals surface area contributed by atoms with Crippen molar-refractivity contribution in [3.05, 3.63) is 12.2 Å². The minimum atomic E-state index is 0.649. The van der Waals surface area contributed by atoms with Crippen LogP contribution in [-0.4, -0.2) is 20.8 Å². The minimum Gasteiger partial charge on any atom is -0.307 e. The number of hydrogen-bond donors (Lipinski definition) is 1. The van der Waals surface area contributed by atoms with Gasteiger partial charge in [-0.2, -0.15) is 5.10 Å². The average Bonchev–Trinajstić information content (AvgIpc) is 2.73. The Hall–Kier alpha value is -0.900. The van der Waals surface area contributed by atoms with Gasteiger partial charge in [-0.25, -0.2) is 9.67 Å². The van der Waals surface area contributed by atoms with Gasteiger partial charge in [0.05, 0.1) is 6.54 Å². The van der Waals surface area contributed by atoms with E-state index in [-0.39, 0.29) is 0 Å². The zero-order chi connectivity index (χ0) is 13.0. The van der Waals surface area contributed by atoms with Gasteiger partial charge in [-0.1, -0.05) is 20.8 Å². The standard InChI is InChI=1S/C14H26N4/c1-4-5-18-14(16-10-17-18)9-15-13-7-11(2)6-12(3)8-13/h10-13,15H,4-9H2,1-3H3. The Balaban J connectivity index is 1.85. The van der Waals surface area contributed by atoms with Crippen molar-refractivity contribution >= 4 is 0 Å². The molecule has 1 aromatic heterocycles.